The Hall–Kier alpha value is -1.38. The van der Waals surface area contributed by atoms with Gasteiger partial charge in [0.2, 0.25) is 10.0 Å². The van der Waals surface area contributed by atoms with Gasteiger partial charge in [0.1, 0.15) is 0 Å². The van der Waals surface area contributed by atoms with Crippen molar-refractivity contribution in [3.63, 3.8) is 0 Å². The summed E-state index contributed by atoms with van der Waals surface area (Å²) < 4.78 is 32.5. The fourth-order valence-corrected chi connectivity index (χ4v) is 3.52. The van der Waals surface area contributed by atoms with E-state index in [1.54, 1.807) is 13.3 Å². The van der Waals surface area contributed by atoms with Crippen LogP contribution in [0.5, 0.6) is 6.01 Å². The Morgan fingerprint density at radius 1 is 1.38 bits per heavy atom. The molecule has 2 rings (SSSR count). The predicted molar refractivity (Wildman–Crippen MR) is 95.3 cm³/mol. The molecule has 0 saturated carbocycles. The number of hydrogen-bond acceptors (Lipinski definition) is 5. The SMILES string of the molecule is CCC(CC)n1c(OC)nc2ncc(Cl)c(CCNS(C)(=O)=O)c21. The highest BCUT2D eigenvalue weighted by Gasteiger charge is 2.22. The minimum Gasteiger partial charge on any atom is -0.468 e. The van der Waals surface area contributed by atoms with Gasteiger partial charge in [-0.15, -0.1) is 0 Å². The molecule has 2 aromatic heterocycles. The quantitative estimate of drug-likeness (QED) is 0.767. The van der Waals surface area contributed by atoms with Crippen molar-refractivity contribution in [3.05, 3.63) is 16.8 Å². The van der Waals surface area contributed by atoms with Gasteiger partial charge in [-0.25, -0.2) is 18.1 Å². The first-order chi connectivity index (χ1) is 11.3. The lowest BCUT2D eigenvalue weighted by Gasteiger charge is -2.19. The lowest BCUT2D eigenvalue weighted by Crippen LogP contribution is -2.24. The van der Waals surface area contributed by atoms with Crippen molar-refractivity contribution in [2.45, 2.75) is 39.2 Å². The molecule has 7 nitrogen and oxygen atoms in total. The molecule has 0 aromatic carbocycles. The number of fused-ring (bicyclic) bond motifs is 1. The number of ether oxygens (including phenoxy) is 1. The van der Waals surface area contributed by atoms with E-state index in [9.17, 15) is 8.42 Å². The monoisotopic (exact) mass is 374 g/mol. The molecule has 0 radical (unpaired) electrons. The first-order valence-corrected chi connectivity index (χ1v) is 10.1. The Morgan fingerprint density at radius 2 is 2.04 bits per heavy atom. The lowest BCUT2D eigenvalue weighted by molar-refractivity contribution is 0.332. The number of sulfonamides is 1. The minimum absolute atomic E-state index is 0.201. The van der Waals surface area contributed by atoms with E-state index in [-0.39, 0.29) is 12.6 Å². The number of nitrogens with zero attached hydrogens (tertiary/aromatic N) is 3. The zero-order valence-corrected chi connectivity index (χ0v) is 15.9. The zero-order valence-electron chi connectivity index (χ0n) is 14.3. The van der Waals surface area contributed by atoms with Crippen molar-refractivity contribution < 1.29 is 13.2 Å². The standard InChI is InChI=1S/C15H23ClN4O3S/c1-5-10(6-2)20-13-11(7-8-18-24(4,21)22)12(16)9-17-14(13)19-15(20)23-3/h9-10,18H,5-8H2,1-4H3. The number of rotatable bonds is 8. The normalized spacial score (nSPS) is 12.2. The van der Waals surface area contributed by atoms with Gasteiger partial charge in [-0.1, -0.05) is 25.4 Å². The Morgan fingerprint density at radius 3 is 2.58 bits per heavy atom. The van der Waals surface area contributed by atoms with Crippen LogP contribution in [-0.2, 0) is 16.4 Å². The van der Waals surface area contributed by atoms with Gasteiger partial charge in [-0.05, 0) is 19.3 Å². The number of aromatic nitrogens is 3. The second kappa shape index (κ2) is 7.67. The average molecular weight is 375 g/mol. The molecule has 134 valence electrons. The summed E-state index contributed by atoms with van der Waals surface area (Å²) >= 11 is 6.35. The number of halogens is 1. The maximum atomic E-state index is 11.3. The maximum Gasteiger partial charge on any atom is 0.298 e. The second-order valence-corrected chi connectivity index (χ2v) is 7.85. The smallest absolute Gasteiger partial charge is 0.298 e. The van der Waals surface area contributed by atoms with Crippen LogP contribution >= 0.6 is 11.6 Å². The van der Waals surface area contributed by atoms with Crippen LogP contribution in [0.1, 0.15) is 38.3 Å². The number of methoxy groups -OCH3 is 1. The van der Waals surface area contributed by atoms with Crippen molar-refractivity contribution in [2.75, 3.05) is 19.9 Å². The molecular formula is C15H23ClN4O3S. The first-order valence-electron chi connectivity index (χ1n) is 7.86. The summed E-state index contributed by atoms with van der Waals surface area (Å²) in [5.41, 5.74) is 2.18. The lowest BCUT2D eigenvalue weighted by atomic mass is 10.1. The molecule has 0 amide bonds. The zero-order chi connectivity index (χ0) is 17.9. The molecule has 0 atom stereocenters. The molecule has 24 heavy (non-hydrogen) atoms. The predicted octanol–water partition coefficient (Wildman–Crippen LogP) is 2.55. The van der Waals surface area contributed by atoms with E-state index in [1.165, 1.54) is 0 Å². The van der Waals surface area contributed by atoms with Gasteiger partial charge >= 0.3 is 0 Å². The van der Waals surface area contributed by atoms with Crippen molar-refractivity contribution in [3.8, 4) is 6.01 Å². The Labute approximate surface area is 147 Å². The summed E-state index contributed by atoms with van der Waals surface area (Å²) in [5.74, 6) is 0. The van der Waals surface area contributed by atoms with Gasteiger partial charge in [0.25, 0.3) is 6.01 Å². The van der Waals surface area contributed by atoms with E-state index < -0.39 is 10.0 Å². The molecule has 0 aliphatic heterocycles. The average Bonchev–Trinajstić information content (AvgIpc) is 2.89. The van der Waals surface area contributed by atoms with Crippen LogP contribution in [-0.4, -0.2) is 42.9 Å². The molecule has 0 spiro atoms. The summed E-state index contributed by atoms with van der Waals surface area (Å²) in [5, 5.41) is 0.493. The number of imidazole rings is 1. The highest BCUT2D eigenvalue weighted by Crippen LogP contribution is 2.33. The molecule has 9 heteroatoms. The molecular weight excluding hydrogens is 352 g/mol. The summed E-state index contributed by atoms with van der Waals surface area (Å²) in [6, 6.07) is 0.692. The van der Waals surface area contributed by atoms with Crippen LogP contribution in [0.4, 0.5) is 0 Å². The Bertz CT molecular complexity index is 816. The topological polar surface area (TPSA) is 86.1 Å². The van der Waals surface area contributed by atoms with Crippen LogP contribution in [0.3, 0.4) is 0 Å². The van der Waals surface area contributed by atoms with Gasteiger partial charge in [0.05, 0.1) is 23.9 Å². The van der Waals surface area contributed by atoms with E-state index >= 15 is 0 Å². The Kier molecular flexibility index (Phi) is 6.06. The van der Waals surface area contributed by atoms with Crippen LogP contribution in [0, 0.1) is 0 Å². The van der Waals surface area contributed by atoms with E-state index in [4.69, 9.17) is 16.3 Å². The van der Waals surface area contributed by atoms with Gasteiger partial charge in [0, 0.05) is 24.3 Å². The van der Waals surface area contributed by atoms with Gasteiger partial charge in [0.15, 0.2) is 5.65 Å². The third kappa shape index (κ3) is 3.99. The summed E-state index contributed by atoms with van der Waals surface area (Å²) in [6.45, 7) is 4.46. The highest BCUT2D eigenvalue weighted by atomic mass is 35.5. The summed E-state index contributed by atoms with van der Waals surface area (Å²) in [7, 11) is -1.68. The van der Waals surface area contributed by atoms with Gasteiger partial charge in [-0.2, -0.15) is 4.98 Å². The third-order valence-corrected chi connectivity index (χ3v) is 5.02. The van der Waals surface area contributed by atoms with Crippen molar-refractivity contribution in [1.82, 2.24) is 19.3 Å². The van der Waals surface area contributed by atoms with E-state index in [1.807, 2.05) is 4.57 Å². The number of pyridine rings is 1. The Balaban J connectivity index is 2.56. The largest absolute Gasteiger partial charge is 0.468 e. The molecule has 0 aliphatic carbocycles. The minimum atomic E-state index is -3.25. The second-order valence-electron chi connectivity index (χ2n) is 5.61. The molecule has 0 bridgehead atoms. The molecule has 0 aliphatic rings. The van der Waals surface area contributed by atoms with E-state index in [0.29, 0.717) is 23.1 Å². The summed E-state index contributed by atoms with van der Waals surface area (Å²) in [6.07, 6.45) is 4.94. The molecule has 2 heterocycles. The van der Waals surface area contributed by atoms with Crippen LogP contribution < -0.4 is 9.46 Å². The van der Waals surface area contributed by atoms with Crippen LogP contribution in [0.15, 0.2) is 6.20 Å². The van der Waals surface area contributed by atoms with Crippen molar-refractivity contribution >= 4 is 32.8 Å². The van der Waals surface area contributed by atoms with E-state index in [0.717, 1.165) is 30.2 Å². The van der Waals surface area contributed by atoms with Crippen molar-refractivity contribution in [1.29, 1.82) is 0 Å². The molecule has 0 unspecified atom stereocenters. The number of hydrogen-bond donors (Lipinski definition) is 1. The fraction of sp³-hybridized carbons (Fsp3) is 0.600. The van der Waals surface area contributed by atoms with Crippen LogP contribution in [0.25, 0.3) is 11.2 Å². The van der Waals surface area contributed by atoms with Gasteiger partial charge < -0.3 is 4.74 Å². The molecule has 2 aromatic rings. The fourth-order valence-electron chi connectivity index (χ4n) is 2.82. The van der Waals surface area contributed by atoms with Gasteiger partial charge in [-0.3, -0.25) is 4.57 Å². The molecule has 0 saturated heterocycles. The third-order valence-electron chi connectivity index (χ3n) is 3.96. The molecule has 1 N–H and O–H groups in total. The first kappa shape index (κ1) is 19.0. The summed E-state index contributed by atoms with van der Waals surface area (Å²) in [4.78, 5) is 8.73. The van der Waals surface area contributed by atoms with Crippen molar-refractivity contribution in [2.24, 2.45) is 0 Å². The maximum absolute atomic E-state index is 11.3. The van der Waals surface area contributed by atoms with E-state index in [2.05, 4.69) is 28.5 Å². The van der Waals surface area contributed by atoms with Crippen LogP contribution in [0.2, 0.25) is 5.02 Å². The highest BCUT2D eigenvalue weighted by molar-refractivity contribution is 7.88. The molecule has 0 fully saturated rings. The number of nitrogens with one attached hydrogen (secondary N) is 1.